The van der Waals surface area contributed by atoms with E-state index >= 15 is 0 Å². The van der Waals surface area contributed by atoms with Gasteiger partial charge in [-0.05, 0) is 60.7 Å². The van der Waals surface area contributed by atoms with Crippen LogP contribution in [0.2, 0.25) is 0 Å². The summed E-state index contributed by atoms with van der Waals surface area (Å²) in [6.45, 7) is 6.19. The van der Waals surface area contributed by atoms with Gasteiger partial charge in [-0.25, -0.2) is 13.8 Å². The molecule has 2 amide bonds. The van der Waals surface area contributed by atoms with Crippen molar-refractivity contribution in [2.24, 2.45) is 16.6 Å². The van der Waals surface area contributed by atoms with Crippen LogP contribution >= 0.6 is 0 Å². The van der Waals surface area contributed by atoms with E-state index in [-0.39, 0.29) is 42.1 Å². The fraction of sp³-hybridized carbons (Fsp3) is 0.423. The van der Waals surface area contributed by atoms with Gasteiger partial charge < -0.3 is 15.8 Å². The van der Waals surface area contributed by atoms with Gasteiger partial charge in [0.1, 0.15) is 11.6 Å². The molecular formula is C26H32F2N4O3. The summed E-state index contributed by atoms with van der Waals surface area (Å²) < 4.78 is 32.9. The van der Waals surface area contributed by atoms with Crippen molar-refractivity contribution in [3.8, 4) is 0 Å². The number of carbonyl (C=O) groups is 2. The van der Waals surface area contributed by atoms with Crippen molar-refractivity contribution in [3.05, 3.63) is 70.8 Å². The third-order valence-electron chi connectivity index (χ3n) is 6.45. The van der Waals surface area contributed by atoms with Crippen molar-refractivity contribution >= 4 is 17.8 Å². The number of carbonyl (C=O) groups excluding carboxylic acids is 2. The number of ether oxygens (including phenoxy) is 1. The molecule has 2 aromatic rings. The molecule has 0 spiro atoms. The van der Waals surface area contributed by atoms with Crippen LogP contribution in [-0.2, 0) is 16.1 Å². The molecule has 7 nitrogen and oxygen atoms in total. The molecule has 35 heavy (non-hydrogen) atoms. The van der Waals surface area contributed by atoms with Crippen LogP contribution < -0.4 is 11.1 Å². The zero-order chi connectivity index (χ0) is 25.8. The van der Waals surface area contributed by atoms with Crippen LogP contribution in [0.4, 0.5) is 8.78 Å². The molecule has 1 heterocycles. The number of nitrogens with two attached hydrogens (primary N) is 1. The Morgan fingerprint density at radius 3 is 2.49 bits per heavy atom. The van der Waals surface area contributed by atoms with E-state index in [0.29, 0.717) is 24.2 Å². The summed E-state index contributed by atoms with van der Waals surface area (Å²) >= 11 is 0. The molecule has 1 aliphatic rings. The topological polar surface area (TPSA) is 97.0 Å². The quantitative estimate of drug-likeness (QED) is 0.561. The van der Waals surface area contributed by atoms with E-state index in [0.717, 1.165) is 6.07 Å². The van der Waals surface area contributed by atoms with Crippen molar-refractivity contribution in [1.82, 2.24) is 10.2 Å². The number of halogens is 2. The van der Waals surface area contributed by atoms with Crippen LogP contribution in [0.1, 0.15) is 61.1 Å². The van der Waals surface area contributed by atoms with Gasteiger partial charge in [0.2, 0.25) is 5.91 Å². The lowest BCUT2D eigenvalue weighted by Crippen LogP contribution is -2.51. The van der Waals surface area contributed by atoms with Crippen LogP contribution in [0.25, 0.3) is 0 Å². The van der Waals surface area contributed by atoms with E-state index in [1.165, 1.54) is 29.2 Å². The van der Waals surface area contributed by atoms with Crippen LogP contribution in [0.5, 0.6) is 0 Å². The van der Waals surface area contributed by atoms with E-state index in [1.54, 1.807) is 19.2 Å². The number of amides is 2. The van der Waals surface area contributed by atoms with Gasteiger partial charge in [0.15, 0.2) is 5.96 Å². The van der Waals surface area contributed by atoms with Gasteiger partial charge in [0.25, 0.3) is 5.91 Å². The Hall–Kier alpha value is -3.33. The van der Waals surface area contributed by atoms with Gasteiger partial charge in [0.05, 0.1) is 24.5 Å². The molecule has 2 aromatic carbocycles. The number of nitrogens with one attached hydrogen (secondary N) is 1. The minimum absolute atomic E-state index is 0.00848. The molecule has 0 bridgehead atoms. The lowest BCUT2D eigenvalue weighted by Gasteiger charge is -2.37. The Kier molecular flexibility index (Phi) is 8.22. The minimum Gasteiger partial charge on any atom is -0.385 e. The Balaban J connectivity index is 1.81. The van der Waals surface area contributed by atoms with E-state index in [1.807, 2.05) is 20.8 Å². The largest absolute Gasteiger partial charge is 0.385 e. The molecule has 0 unspecified atom stereocenters. The summed E-state index contributed by atoms with van der Waals surface area (Å²) in [4.78, 5) is 31.7. The van der Waals surface area contributed by atoms with Gasteiger partial charge in [-0.15, -0.1) is 0 Å². The molecule has 0 saturated carbocycles. The van der Waals surface area contributed by atoms with E-state index < -0.39 is 23.3 Å². The molecule has 0 fully saturated rings. The zero-order valence-corrected chi connectivity index (χ0v) is 20.5. The van der Waals surface area contributed by atoms with Crippen molar-refractivity contribution < 1.29 is 23.1 Å². The number of hydrogen-bond acceptors (Lipinski definition) is 5. The van der Waals surface area contributed by atoms with Gasteiger partial charge in [-0.3, -0.25) is 14.5 Å². The number of nitrogens with zero attached hydrogens (tertiary/aromatic N) is 2. The number of guanidine groups is 1. The van der Waals surface area contributed by atoms with Gasteiger partial charge in [-0.2, -0.15) is 0 Å². The highest BCUT2D eigenvalue weighted by Gasteiger charge is 2.38. The molecule has 3 rings (SSSR count). The summed E-state index contributed by atoms with van der Waals surface area (Å²) in [6, 6.07) is 9.24. The van der Waals surface area contributed by atoms with Crippen LogP contribution in [0, 0.1) is 17.6 Å². The highest BCUT2D eigenvalue weighted by atomic mass is 19.1. The van der Waals surface area contributed by atoms with Crippen molar-refractivity contribution in [1.29, 1.82) is 0 Å². The second-order valence-corrected chi connectivity index (χ2v) is 9.35. The Bertz CT molecular complexity index is 1100. The summed E-state index contributed by atoms with van der Waals surface area (Å²) in [5.74, 6) is -1.53. The number of benzene rings is 2. The first-order valence-electron chi connectivity index (χ1n) is 11.5. The molecule has 1 aliphatic heterocycles. The molecular weight excluding hydrogens is 454 g/mol. The second kappa shape index (κ2) is 10.9. The lowest BCUT2D eigenvalue weighted by atomic mass is 9.84. The third kappa shape index (κ3) is 6.42. The van der Waals surface area contributed by atoms with Crippen LogP contribution in [-0.4, -0.2) is 41.9 Å². The first kappa shape index (κ1) is 26.3. The van der Waals surface area contributed by atoms with E-state index in [2.05, 4.69) is 10.3 Å². The average molecular weight is 487 g/mol. The Labute approximate surface area is 204 Å². The summed E-state index contributed by atoms with van der Waals surface area (Å²) in [7, 11) is 1.54. The van der Waals surface area contributed by atoms with Crippen molar-refractivity contribution in [2.45, 2.75) is 51.7 Å². The maximum Gasteiger partial charge on any atom is 0.251 e. The summed E-state index contributed by atoms with van der Waals surface area (Å²) in [6.07, 6.45) is 0.632. The highest BCUT2D eigenvalue weighted by molar-refractivity contribution is 5.99. The standard InChI is InChI=1S/C26H32F2N4O3/c1-16(2)26(3)14-23(33)32(25(29)31-26)15-17-11-19(13-21(28)12-17)24(34)30-22(9-10-35-4)18-5-7-20(27)8-6-18/h5-8,11-13,16,22H,9-10,14-15H2,1-4H3,(H2,29,31)(H,30,34)/t22-,26-/m0/s1. The molecule has 0 aliphatic carbocycles. The van der Waals surface area contributed by atoms with Gasteiger partial charge >= 0.3 is 0 Å². The van der Waals surface area contributed by atoms with Crippen molar-refractivity contribution in [2.75, 3.05) is 13.7 Å². The molecule has 9 heteroatoms. The van der Waals surface area contributed by atoms with Crippen molar-refractivity contribution in [3.63, 3.8) is 0 Å². The second-order valence-electron chi connectivity index (χ2n) is 9.35. The number of rotatable bonds is 9. The number of hydrogen-bond donors (Lipinski definition) is 2. The monoisotopic (exact) mass is 486 g/mol. The van der Waals surface area contributed by atoms with Gasteiger partial charge in [-0.1, -0.05) is 26.0 Å². The normalized spacial score (nSPS) is 19.0. The van der Waals surface area contributed by atoms with E-state index in [9.17, 15) is 18.4 Å². The first-order chi connectivity index (χ1) is 16.5. The van der Waals surface area contributed by atoms with E-state index in [4.69, 9.17) is 10.5 Å². The lowest BCUT2D eigenvalue weighted by molar-refractivity contribution is -0.130. The zero-order valence-electron chi connectivity index (χ0n) is 20.5. The molecule has 0 aromatic heterocycles. The Morgan fingerprint density at radius 2 is 1.89 bits per heavy atom. The SMILES string of the molecule is COCC[C@H](NC(=O)c1cc(F)cc(CN2C(=O)C[C@@](C)(C(C)C)N=C2N)c1)c1ccc(F)cc1. The molecule has 0 saturated heterocycles. The molecule has 3 N–H and O–H groups in total. The highest BCUT2D eigenvalue weighted by Crippen LogP contribution is 2.30. The predicted octanol–water partition coefficient (Wildman–Crippen LogP) is 3.93. The Morgan fingerprint density at radius 1 is 1.20 bits per heavy atom. The summed E-state index contributed by atoms with van der Waals surface area (Å²) in [5, 5.41) is 2.87. The maximum absolute atomic E-state index is 14.5. The predicted molar refractivity (Wildman–Crippen MR) is 130 cm³/mol. The molecule has 2 atom stereocenters. The average Bonchev–Trinajstić information content (AvgIpc) is 2.79. The minimum atomic E-state index is -0.616. The molecule has 188 valence electrons. The third-order valence-corrected chi connectivity index (χ3v) is 6.45. The summed E-state index contributed by atoms with van der Waals surface area (Å²) in [5.41, 5.74) is 6.70. The first-order valence-corrected chi connectivity index (χ1v) is 11.5. The fourth-order valence-corrected chi connectivity index (χ4v) is 3.94. The van der Waals surface area contributed by atoms with Crippen LogP contribution in [0.3, 0.4) is 0 Å². The fourth-order valence-electron chi connectivity index (χ4n) is 3.94. The smallest absolute Gasteiger partial charge is 0.251 e. The molecule has 0 radical (unpaired) electrons. The number of methoxy groups -OCH3 is 1. The maximum atomic E-state index is 14.5. The van der Waals surface area contributed by atoms with Gasteiger partial charge in [0, 0.05) is 19.3 Å². The number of aliphatic imine (C=N–C) groups is 1. The van der Waals surface area contributed by atoms with Crippen LogP contribution in [0.15, 0.2) is 47.5 Å².